The van der Waals surface area contributed by atoms with Gasteiger partial charge < -0.3 is 4.74 Å². The Morgan fingerprint density at radius 3 is 2.32 bits per heavy atom. The minimum absolute atomic E-state index is 0.303. The van der Waals surface area contributed by atoms with Crippen LogP contribution in [0.1, 0.15) is 21.5 Å². The van der Waals surface area contributed by atoms with E-state index in [4.69, 9.17) is 4.74 Å². The minimum Gasteiger partial charge on any atom is -0.454 e. The summed E-state index contributed by atoms with van der Waals surface area (Å²) in [5, 5.41) is 0. The van der Waals surface area contributed by atoms with Crippen molar-refractivity contribution in [1.29, 1.82) is 0 Å². The zero-order valence-electron chi connectivity index (χ0n) is 12.1. The molecule has 0 unspecified atom stereocenters. The third-order valence-electron chi connectivity index (χ3n) is 3.00. The predicted octanol–water partition coefficient (Wildman–Crippen LogP) is 3.57. The number of rotatable bonds is 5. The van der Waals surface area contributed by atoms with Gasteiger partial charge in [0.05, 0.1) is 0 Å². The van der Waals surface area contributed by atoms with Crippen molar-refractivity contribution in [2.24, 2.45) is 0 Å². The van der Waals surface area contributed by atoms with E-state index in [1.54, 1.807) is 6.08 Å². The third-order valence-corrected chi connectivity index (χ3v) is 3.00. The zero-order valence-corrected chi connectivity index (χ0v) is 12.1. The van der Waals surface area contributed by atoms with Gasteiger partial charge in [-0.3, -0.25) is 4.79 Å². The maximum Gasteiger partial charge on any atom is 0.331 e. The van der Waals surface area contributed by atoms with E-state index in [9.17, 15) is 14.0 Å². The normalized spacial score (nSPS) is 10.6. The second-order valence-electron chi connectivity index (χ2n) is 4.78. The first-order valence-electron chi connectivity index (χ1n) is 6.75. The molecule has 2 aromatic rings. The molecule has 0 fully saturated rings. The molecule has 22 heavy (non-hydrogen) atoms. The van der Waals surface area contributed by atoms with Gasteiger partial charge >= 0.3 is 5.97 Å². The number of carbonyl (C=O) groups excluding carboxylic acids is 2. The van der Waals surface area contributed by atoms with Gasteiger partial charge in [0.15, 0.2) is 12.4 Å². The number of ether oxygens (including phenoxy) is 1. The summed E-state index contributed by atoms with van der Waals surface area (Å²) in [6, 6.07) is 12.7. The topological polar surface area (TPSA) is 43.4 Å². The number of hydrogen-bond donors (Lipinski definition) is 0. The van der Waals surface area contributed by atoms with Crippen molar-refractivity contribution in [2.75, 3.05) is 6.61 Å². The summed E-state index contributed by atoms with van der Waals surface area (Å²) in [7, 11) is 0. The van der Waals surface area contributed by atoms with Gasteiger partial charge in [0.25, 0.3) is 0 Å². The monoisotopic (exact) mass is 298 g/mol. The van der Waals surface area contributed by atoms with Crippen LogP contribution in [0.25, 0.3) is 6.08 Å². The highest BCUT2D eigenvalue weighted by molar-refractivity contribution is 5.98. The van der Waals surface area contributed by atoms with Crippen LogP contribution in [-0.2, 0) is 9.53 Å². The molecule has 0 bridgehead atoms. The van der Waals surface area contributed by atoms with Crippen molar-refractivity contribution < 1.29 is 18.7 Å². The smallest absolute Gasteiger partial charge is 0.331 e. The molecule has 0 aromatic heterocycles. The van der Waals surface area contributed by atoms with E-state index in [1.165, 1.54) is 30.3 Å². The summed E-state index contributed by atoms with van der Waals surface area (Å²) in [4.78, 5) is 23.3. The number of hydrogen-bond acceptors (Lipinski definition) is 3. The molecule has 0 spiro atoms. The molecule has 3 nitrogen and oxygen atoms in total. The van der Waals surface area contributed by atoms with Crippen molar-refractivity contribution in [3.05, 3.63) is 77.1 Å². The lowest BCUT2D eigenvalue weighted by molar-refractivity contribution is -0.136. The van der Waals surface area contributed by atoms with E-state index < -0.39 is 11.8 Å². The van der Waals surface area contributed by atoms with Gasteiger partial charge in [0.2, 0.25) is 0 Å². The van der Waals surface area contributed by atoms with Crippen molar-refractivity contribution in [3.63, 3.8) is 0 Å². The van der Waals surface area contributed by atoms with Crippen molar-refractivity contribution >= 4 is 17.8 Å². The van der Waals surface area contributed by atoms with Crippen LogP contribution in [0.3, 0.4) is 0 Å². The molecule has 0 saturated heterocycles. The standard InChI is InChI=1S/C18H15FO3/c1-13-2-4-14(5-3-13)6-11-18(21)22-12-17(20)15-7-9-16(19)10-8-15/h2-11H,12H2,1H3/b11-6+. The van der Waals surface area contributed by atoms with E-state index in [2.05, 4.69) is 0 Å². The molecule has 0 heterocycles. The van der Waals surface area contributed by atoms with Crippen LogP contribution in [0.15, 0.2) is 54.6 Å². The molecule has 4 heteroatoms. The van der Waals surface area contributed by atoms with Crippen molar-refractivity contribution in [1.82, 2.24) is 0 Å². The number of carbonyl (C=O) groups is 2. The highest BCUT2D eigenvalue weighted by Crippen LogP contribution is 2.06. The maximum atomic E-state index is 12.7. The van der Waals surface area contributed by atoms with Gasteiger partial charge in [-0.15, -0.1) is 0 Å². The summed E-state index contributed by atoms with van der Waals surface area (Å²) in [5.74, 6) is -1.40. The first kappa shape index (κ1) is 15.6. The average Bonchev–Trinajstić information content (AvgIpc) is 2.52. The Hall–Kier alpha value is -2.75. The number of halogens is 1. The molecule has 112 valence electrons. The van der Waals surface area contributed by atoms with E-state index in [1.807, 2.05) is 31.2 Å². The molecule has 0 aliphatic heterocycles. The minimum atomic E-state index is -0.601. The Morgan fingerprint density at radius 1 is 1.05 bits per heavy atom. The van der Waals surface area contributed by atoms with Crippen molar-refractivity contribution in [2.45, 2.75) is 6.92 Å². The first-order chi connectivity index (χ1) is 10.5. The number of aryl methyl sites for hydroxylation is 1. The predicted molar refractivity (Wildman–Crippen MR) is 81.9 cm³/mol. The van der Waals surface area contributed by atoms with Gasteiger partial charge in [-0.25, -0.2) is 9.18 Å². The van der Waals surface area contributed by atoms with E-state index in [0.717, 1.165) is 11.1 Å². The molecular weight excluding hydrogens is 283 g/mol. The van der Waals surface area contributed by atoms with Gasteiger partial charge in [0.1, 0.15) is 5.82 Å². The van der Waals surface area contributed by atoms with Gasteiger partial charge in [-0.1, -0.05) is 29.8 Å². The Balaban J connectivity index is 1.86. The summed E-state index contributed by atoms with van der Waals surface area (Å²) in [6.45, 7) is 1.60. The first-order valence-corrected chi connectivity index (χ1v) is 6.75. The molecule has 0 atom stereocenters. The van der Waals surface area contributed by atoms with E-state index in [-0.39, 0.29) is 12.4 Å². The fourth-order valence-corrected chi connectivity index (χ4v) is 1.75. The molecule has 0 aliphatic carbocycles. The van der Waals surface area contributed by atoms with Crippen LogP contribution in [-0.4, -0.2) is 18.4 Å². The Labute approximate surface area is 128 Å². The van der Waals surface area contributed by atoms with Crippen molar-refractivity contribution in [3.8, 4) is 0 Å². The second-order valence-corrected chi connectivity index (χ2v) is 4.78. The lowest BCUT2D eigenvalue weighted by atomic mass is 10.1. The number of esters is 1. The summed E-state index contributed by atoms with van der Waals surface area (Å²) < 4.78 is 17.6. The highest BCUT2D eigenvalue weighted by Gasteiger charge is 2.08. The van der Waals surface area contributed by atoms with Crippen LogP contribution in [0, 0.1) is 12.7 Å². The van der Waals surface area contributed by atoms with Crippen LogP contribution < -0.4 is 0 Å². The van der Waals surface area contributed by atoms with Crippen LogP contribution in [0.2, 0.25) is 0 Å². The molecule has 0 saturated carbocycles. The SMILES string of the molecule is Cc1ccc(/C=C/C(=O)OCC(=O)c2ccc(F)cc2)cc1. The fourth-order valence-electron chi connectivity index (χ4n) is 1.75. The molecule has 0 amide bonds. The zero-order chi connectivity index (χ0) is 15.9. The van der Waals surface area contributed by atoms with E-state index in [0.29, 0.717) is 5.56 Å². The maximum absolute atomic E-state index is 12.7. The number of Topliss-reactive ketones (excluding diaryl/α,β-unsaturated/α-hetero) is 1. The summed E-state index contributed by atoms with van der Waals surface area (Å²) in [5.41, 5.74) is 2.30. The van der Waals surface area contributed by atoms with Gasteiger partial charge in [-0.05, 0) is 42.8 Å². The van der Waals surface area contributed by atoms with E-state index >= 15 is 0 Å². The van der Waals surface area contributed by atoms with Crippen LogP contribution in [0.5, 0.6) is 0 Å². The Kier molecular flexibility index (Phi) is 5.20. The van der Waals surface area contributed by atoms with Gasteiger partial charge in [-0.2, -0.15) is 0 Å². The van der Waals surface area contributed by atoms with Crippen LogP contribution >= 0.6 is 0 Å². The molecule has 2 rings (SSSR count). The Morgan fingerprint density at radius 2 is 1.68 bits per heavy atom. The molecule has 2 aromatic carbocycles. The van der Waals surface area contributed by atoms with Crippen LogP contribution in [0.4, 0.5) is 4.39 Å². The lowest BCUT2D eigenvalue weighted by Crippen LogP contribution is -2.12. The summed E-state index contributed by atoms with van der Waals surface area (Å²) in [6.07, 6.45) is 2.88. The molecule has 0 radical (unpaired) electrons. The Bertz CT molecular complexity index is 685. The quantitative estimate of drug-likeness (QED) is 0.481. The number of benzene rings is 2. The third kappa shape index (κ3) is 4.66. The molecule has 0 N–H and O–H groups in total. The largest absolute Gasteiger partial charge is 0.454 e. The molecule has 0 aliphatic rings. The summed E-state index contributed by atoms with van der Waals surface area (Å²) >= 11 is 0. The molecular formula is C18H15FO3. The fraction of sp³-hybridized carbons (Fsp3) is 0.111. The lowest BCUT2D eigenvalue weighted by Gasteiger charge is -2.02. The average molecular weight is 298 g/mol. The second kappa shape index (κ2) is 7.31. The highest BCUT2D eigenvalue weighted by atomic mass is 19.1. The van der Waals surface area contributed by atoms with Gasteiger partial charge in [0, 0.05) is 11.6 Å². The number of ketones is 1.